The maximum absolute atomic E-state index is 13.7. The standard InChI is InChI=1S/C17H11F4NO/c1-9-5-6-10(7-12(9)18)14-8-15(23)16-11(17(19,20)21)3-2-4-13(16)22-14/h2-7H,8H2,1H3. The fourth-order valence-corrected chi connectivity index (χ4v) is 2.53. The molecule has 0 unspecified atom stereocenters. The monoisotopic (exact) mass is 321 g/mol. The van der Waals surface area contributed by atoms with Gasteiger partial charge >= 0.3 is 6.18 Å². The van der Waals surface area contributed by atoms with Crippen LogP contribution in [-0.2, 0) is 6.18 Å². The molecule has 0 saturated heterocycles. The lowest BCUT2D eigenvalue weighted by atomic mass is 9.92. The van der Waals surface area contributed by atoms with E-state index in [1.165, 1.54) is 18.2 Å². The Hall–Kier alpha value is -2.50. The quantitative estimate of drug-likeness (QED) is 0.690. The zero-order valence-corrected chi connectivity index (χ0v) is 12.0. The maximum atomic E-state index is 13.7. The fraction of sp³-hybridized carbons (Fsp3) is 0.176. The number of hydrogen-bond acceptors (Lipinski definition) is 2. The number of aryl methyl sites for hydroxylation is 1. The van der Waals surface area contributed by atoms with Gasteiger partial charge in [0.1, 0.15) is 5.82 Å². The van der Waals surface area contributed by atoms with Crippen LogP contribution in [0.2, 0.25) is 0 Å². The normalized spacial score (nSPS) is 14.5. The van der Waals surface area contributed by atoms with Crippen LogP contribution in [-0.4, -0.2) is 11.5 Å². The summed E-state index contributed by atoms with van der Waals surface area (Å²) in [4.78, 5) is 16.4. The number of halogens is 4. The van der Waals surface area contributed by atoms with E-state index in [9.17, 15) is 22.4 Å². The summed E-state index contributed by atoms with van der Waals surface area (Å²) in [7, 11) is 0. The molecule has 0 saturated carbocycles. The molecule has 0 aliphatic carbocycles. The smallest absolute Gasteiger partial charge is 0.294 e. The molecule has 0 atom stereocenters. The highest BCUT2D eigenvalue weighted by atomic mass is 19.4. The summed E-state index contributed by atoms with van der Waals surface area (Å²) in [5.41, 5.74) is -0.345. The molecule has 0 spiro atoms. The Morgan fingerprint density at radius 2 is 1.87 bits per heavy atom. The first-order chi connectivity index (χ1) is 10.8. The second-order valence-corrected chi connectivity index (χ2v) is 5.32. The summed E-state index contributed by atoms with van der Waals surface area (Å²) < 4.78 is 52.7. The number of rotatable bonds is 1. The molecule has 0 bridgehead atoms. The van der Waals surface area contributed by atoms with Crippen molar-refractivity contribution in [3.8, 4) is 0 Å². The van der Waals surface area contributed by atoms with E-state index in [2.05, 4.69) is 4.99 Å². The van der Waals surface area contributed by atoms with Gasteiger partial charge in [-0.05, 0) is 36.2 Å². The summed E-state index contributed by atoms with van der Waals surface area (Å²) in [6.07, 6.45) is -4.91. The molecule has 1 aliphatic rings. The highest BCUT2D eigenvalue weighted by molar-refractivity contribution is 6.21. The van der Waals surface area contributed by atoms with Crippen LogP contribution < -0.4 is 0 Å². The third-order valence-electron chi connectivity index (χ3n) is 3.72. The van der Waals surface area contributed by atoms with Crippen LogP contribution in [0.4, 0.5) is 23.2 Å². The minimum atomic E-state index is -4.62. The van der Waals surface area contributed by atoms with Gasteiger partial charge in [-0.2, -0.15) is 13.2 Å². The fourth-order valence-electron chi connectivity index (χ4n) is 2.53. The lowest BCUT2D eigenvalue weighted by Gasteiger charge is -2.19. The molecule has 3 rings (SSSR count). The number of hydrogen-bond donors (Lipinski definition) is 0. The van der Waals surface area contributed by atoms with Crippen molar-refractivity contribution in [3.05, 3.63) is 64.5 Å². The predicted molar refractivity (Wildman–Crippen MR) is 77.7 cm³/mol. The summed E-state index contributed by atoms with van der Waals surface area (Å²) in [5, 5.41) is 0. The van der Waals surface area contributed by atoms with Gasteiger partial charge in [-0.1, -0.05) is 18.2 Å². The van der Waals surface area contributed by atoms with E-state index in [1.807, 2.05) is 0 Å². The molecule has 118 valence electrons. The molecule has 23 heavy (non-hydrogen) atoms. The molecular formula is C17H11F4NO. The third-order valence-corrected chi connectivity index (χ3v) is 3.72. The van der Waals surface area contributed by atoms with Crippen molar-refractivity contribution >= 4 is 17.2 Å². The lowest BCUT2D eigenvalue weighted by Crippen LogP contribution is -2.19. The number of carbonyl (C=O) groups is 1. The van der Waals surface area contributed by atoms with E-state index in [1.54, 1.807) is 19.1 Å². The predicted octanol–water partition coefficient (Wildman–Crippen LogP) is 4.86. The minimum Gasteiger partial charge on any atom is -0.294 e. The molecule has 0 amide bonds. The van der Waals surface area contributed by atoms with Crippen molar-refractivity contribution in [1.82, 2.24) is 0 Å². The Bertz CT molecular complexity index is 837. The van der Waals surface area contributed by atoms with E-state index in [-0.39, 0.29) is 17.8 Å². The molecule has 1 heterocycles. The van der Waals surface area contributed by atoms with E-state index >= 15 is 0 Å². The number of Topliss-reactive ketones (excluding diaryl/α,β-unsaturated/α-hetero) is 1. The van der Waals surface area contributed by atoms with E-state index in [0.717, 1.165) is 6.07 Å². The summed E-state index contributed by atoms with van der Waals surface area (Å²) in [6, 6.07) is 7.80. The Labute approximate surface area is 129 Å². The number of fused-ring (bicyclic) bond motifs is 1. The molecule has 2 aromatic rings. The van der Waals surface area contributed by atoms with Gasteiger partial charge in [0.15, 0.2) is 5.78 Å². The third kappa shape index (κ3) is 2.76. The van der Waals surface area contributed by atoms with Gasteiger partial charge in [0.2, 0.25) is 0 Å². The molecule has 0 fully saturated rings. The SMILES string of the molecule is Cc1ccc(C2=Nc3cccc(C(F)(F)F)c3C(=O)C2)cc1F. The second kappa shape index (κ2) is 5.30. The van der Waals surface area contributed by atoms with Crippen molar-refractivity contribution in [2.75, 3.05) is 0 Å². The molecule has 0 N–H and O–H groups in total. The Balaban J connectivity index is 2.14. The number of alkyl halides is 3. The lowest BCUT2D eigenvalue weighted by molar-refractivity contribution is -0.137. The number of aliphatic imine (C=N–C) groups is 1. The average molecular weight is 321 g/mol. The first-order valence-electron chi connectivity index (χ1n) is 6.85. The molecule has 6 heteroatoms. The zero-order chi connectivity index (χ0) is 16.8. The molecule has 0 radical (unpaired) electrons. The van der Waals surface area contributed by atoms with Crippen molar-refractivity contribution in [2.24, 2.45) is 4.99 Å². The van der Waals surface area contributed by atoms with E-state index in [0.29, 0.717) is 11.1 Å². The van der Waals surface area contributed by atoms with Gasteiger partial charge in [0.25, 0.3) is 0 Å². The van der Waals surface area contributed by atoms with Crippen molar-refractivity contribution in [2.45, 2.75) is 19.5 Å². The van der Waals surface area contributed by atoms with Gasteiger partial charge in [0.05, 0.1) is 28.9 Å². The van der Waals surface area contributed by atoms with E-state index < -0.39 is 28.9 Å². The van der Waals surface area contributed by atoms with E-state index in [4.69, 9.17) is 0 Å². The van der Waals surface area contributed by atoms with Gasteiger partial charge in [-0.25, -0.2) is 4.39 Å². The number of benzene rings is 2. The van der Waals surface area contributed by atoms with Gasteiger partial charge < -0.3 is 0 Å². The number of ketones is 1. The highest BCUT2D eigenvalue weighted by Crippen LogP contribution is 2.39. The Morgan fingerprint density at radius 3 is 2.52 bits per heavy atom. The Kier molecular flexibility index (Phi) is 3.55. The van der Waals surface area contributed by atoms with Crippen LogP contribution in [0.3, 0.4) is 0 Å². The second-order valence-electron chi connectivity index (χ2n) is 5.32. The van der Waals surface area contributed by atoms with Crippen LogP contribution in [0, 0.1) is 12.7 Å². The molecule has 2 aromatic carbocycles. The first-order valence-corrected chi connectivity index (χ1v) is 6.85. The molecule has 0 aromatic heterocycles. The average Bonchev–Trinajstić information content (AvgIpc) is 2.48. The van der Waals surface area contributed by atoms with Crippen LogP contribution in [0.25, 0.3) is 0 Å². The highest BCUT2D eigenvalue weighted by Gasteiger charge is 2.37. The van der Waals surface area contributed by atoms with Crippen LogP contribution in [0.15, 0.2) is 41.4 Å². The maximum Gasteiger partial charge on any atom is 0.417 e. The first kappa shape index (κ1) is 15.4. The molecular weight excluding hydrogens is 310 g/mol. The molecule has 2 nitrogen and oxygen atoms in total. The summed E-state index contributed by atoms with van der Waals surface area (Å²) in [6.45, 7) is 1.60. The Morgan fingerprint density at radius 1 is 1.13 bits per heavy atom. The number of carbonyl (C=O) groups excluding carboxylic acids is 1. The van der Waals surface area contributed by atoms with Gasteiger partial charge in [-0.15, -0.1) is 0 Å². The van der Waals surface area contributed by atoms with Crippen molar-refractivity contribution < 1.29 is 22.4 Å². The van der Waals surface area contributed by atoms with Gasteiger partial charge in [-0.3, -0.25) is 9.79 Å². The van der Waals surface area contributed by atoms with Crippen molar-refractivity contribution in [1.29, 1.82) is 0 Å². The minimum absolute atomic E-state index is 0.0351. The van der Waals surface area contributed by atoms with Gasteiger partial charge in [0, 0.05) is 0 Å². The van der Waals surface area contributed by atoms with Crippen LogP contribution in [0.5, 0.6) is 0 Å². The summed E-state index contributed by atoms with van der Waals surface area (Å²) in [5.74, 6) is -1.12. The van der Waals surface area contributed by atoms with Crippen molar-refractivity contribution in [3.63, 3.8) is 0 Å². The zero-order valence-electron chi connectivity index (χ0n) is 12.0. The summed E-state index contributed by atoms with van der Waals surface area (Å²) >= 11 is 0. The molecule has 1 aliphatic heterocycles. The van der Waals surface area contributed by atoms with Crippen LogP contribution >= 0.6 is 0 Å². The van der Waals surface area contributed by atoms with Crippen LogP contribution in [0.1, 0.15) is 33.5 Å². The number of nitrogens with zero attached hydrogens (tertiary/aromatic N) is 1. The topological polar surface area (TPSA) is 29.4 Å². The largest absolute Gasteiger partial charge is 0.417 e.